The number of fused-ring (bicyclic) bond motifs is 1. The molecule has 3 atom stereocenters. The number of rotatable bonds is 6. The standard InChI is InChI=1S/C17H20BrN3O4/c1-3-6-25-9-17-7-11(21(16(23)24)12(17)8-17)15(22)20-14-10(2)4-5-13(18)19-14/h3-5,11-12H,1,6-9H2,2H3,(H,23,24)(H,19,20,22). The molecule has 0 aromatic carbocycles. The van der Waals surface area contributed by atoms with E-state index >= 15 is 0 Å². The van der Waals surface area contributed by atoms with Crippen molar-refractivity contribution in [3.05, 3.63) is 35.0 Å². The maximum Gasteiger partial charge on any atom is 0.408 e. The lowest BCUT2D eigenvalue weighted by molar-refractivity contribution is -0.120. The molecule has 0 spiro atoms. The highest BCUT2D eigenvalue weighted by Gasteiger charge is 2.67. The van der Waals surface area contributed by atoms with Crippen LogP contribution in [0.1, 0.15) is 18.4 Å². The van der Waals surface area contributed by atoms with Gasteiger partial charge >= 0.3 is 6.09 Å². The lowest BCUT2D eigenvalue weighted by Gasteiger charge is -2.24. The number of anilines is 1. The van der Waals surface area contributed by atoms with E-state index in [1.807, 2.05) is 13.0 Å². The average Bonchev–Trinajstić information content (AvgIpc) is 3.14. The van der Waals surface area contributed by atoms with Crippen molar-refractivity contribution in [1.82, 2.24) is 9.88 Å². The van der Waals surface area contributed by atoms with Crippen molar-refractivity contribution in [3.8, 4) is 0 Å². The summed E-state index contributed by atoms with van der Waals surface area (Å²) in [6.45, 7) is 6.29. The zero-order valence-electron chi connectivity index (χ0n) is 13.9. The summed E-state index contributed by atoms with van der Waals surface area (Å²) < 4.78 is 6.14. The highest BCUT2D eigenvalue weighted by molar-refractivity contribution is 9.10. The number of carboxylic acid groups (broad SMARTS) is 1. The van der Waals surface area contributed by atoms with Gasteiger partial charge in [0.2, 0.25) is 5.91 Å². The third-order valence-corrected chi connectivity index (χ3v) is 5.31. The molecule has 1 saturated heterocycles. The summed E-state index contributed by atoms with van der Waals surface area (Å²) in [6.07, 6.45) is 1.77. The number of pyridine rings is 1. The smallest absolute Gasteiger partial charge is 0.408 e. The molecule has 8 heteroatoms. The van der Waals surface area contributed by atoms with Gasteiger partial charge in [-0.25, -0.2) is 9.78 Å². The zero-order valence-corrected chi connectivity index (χ0v) is 15.5. The first-order chi connectivity index (χ1) is 11.9. The molecule has 1 aliphatic carbocycles. The summed E-state index contributed by atoms with van der Waals surface area (Å²) in [7, 11) is 0. The Morgan fingerprint density at radius 1 is 1.56 bits per heavy atom. The number of amides is 2. The number of carbonyl (C=O) groups is 2. The van der Waals surface area contributed by atoms with Gasteiger partial charge in [-0.1, -0.05) is 12.1 Å². The Kier molecular flexibility index (Phi) is 4.83. The van der Waals surface area contributed by atoms with E-state index in [2.05, 4.69) is 32.8 Å². The van der Waals surface area contributed by atoms with Crippen LogP contribution in [0.5, 0.6) is 0 Å². The van der Waals surface area contributed by atoms with Crippen LogP contribution < -0.4 is 5.32 Å². The second-order valence-electron chi connectivity index (χ2n) is 6.58. The molecule has 0 radical (unpaired) electrons. The number of likely N-dealkylation sites (tertiary alicyclic amines) is 1. The predicted molar refractivity (Wildman–Crippen MR) is 95.4 cm³/mol. The van der Waals surface area contributed by atoms with Crippen molar-refractivity contribution in [1.29, 1.82) is 0 Å². The molecule has 2 heterocycles. The van der Waals surface area contributed by atoms with Crippen molar-refractivity contribution < 1.29 is 19.4 Å². The van der Waals surface area contributed by atoms with Crippen LogP contribution in [-0.4, -0.2) is 52.3 Å². The van der Waals surface area contributed by atoms with E-state index in [1.54, 1.807) is 12.1 Å². The number of piperidine rings is 1. The molecule has 0 bridgehead atoms. The van der Waals surface area contributed by atoms with Gasteiger partial charge in [0, 0.05) is 11.5 Å². The van der Waals surface area contributed by atoms with Gasteiger partial charge in [-0.15, -0.1) is 6.58 Å². The fourth-order valence-electron chi connectivity index (χ4n) is 3.52. The molecule has 3 rings (SSSR count). The van der Waals surface area contributed by atoms with Crippen molar-refractivity contribution in [2.24, 2.45) is 5.41 Å². The van der Waals surface area contributed by atoms with E-state index in [-0.39, 0.29) is 17.4 Å². The predicted octanol–water partition coefficient (Wildman–Crippen LogP) is 2.80. The summed E-state index contributed by atoms with van der Waals surface area (Å²) in [6, 6.07) is 2.72. The molecule has 3 unspecified atom stereocenters. The monoisotopic (exact) mass is 409 g/mol. The molecular weight excluding hydrogens is 390 g/mol. The summed E-state index contributed by atoms with van der Waals surface area (Å²) in [5.74, 6) is 0.0774. The topological polar surface area (TPSA) is 91.8 Å². The van der Waals surface area contributed by atoms with E-state index in [4.69, 9.17) is 4.74 Å². The van der Waals surface area contributed by atoms with Crippen molar-refractivity contribution in [3.63, 3.8) is 0 Å². The van der Waals surface area contributed by atoms with Crippen LogP contribution in [0.2, 0.25) is 0 Å². The Labute approximate surface area is 154 Å². The van der Waals surface area contributed by atoms with Crippen molar-refractivity contribution >= 4 is 33.7 Å². The first-order valence-electron chi connectivity index (χ1n) is 8.02. The Hall–Kier alpha value is -1.93. The molecule has 134 valence electrons. The minimum absolute atomic E-state index is 0.165. The largest absolute Gasteiger partial charge is 0.465 e. The number of halogens is 1. The summed E-state index contributed by atoms with van der Waals surface area (Å²) in [4.78, 5) is 29.9. The molecule has 1 aromatic rings. The first-order valence-corrected chi connectivity index (χ1v) is 8.81. The van der Waals surface area contributed by atoms with Crippen LogP contribution >= 0.6 is 15.9 Å². The van der Waals surface area contributed by atoms with Crippen LogP contribution in [0.3, 0.4) is 0 Å². The maximum absolute atomic E-state index is 12.7. The molecule has 1 saturated carbocycles. The van der Waals surface area contributed by atoms with Gasteiger partial charge in [-0.3, -0.25) is 9.69 Å². The Balaban J connectivity index is 1.74. The molecular formula is C17H20BrN3O4. The normalized spacial score (nSPS) is 26.9. The van der Waals surface area contributed by atoms with Gasteiger partial charge < -0.3 is 15.2 Å². The number of nitrogens with zero attached hydrogens (tertiary/aromatic N) is 2. The van der Waals surface area contributed by atoms with Gasteiger partial charge in [0.15, 0.2) is 0 Å². The number of nitrogens with one attached hydrogen (secondary N) is 1. The van der Waals surface area contributed by atoms with Crippen LogP contribution in [0, 0.1) is 12.3 Å². The third kappa shape index (κ3) is 3.41. The number of carbonyl (C=O) groups excluding carboxylic acids is 1. The summed E-state index contributed by atoms with van der Waals surface area (Å²) in [5.41, 5.74) is 0.550. The van der Waals surface area contributed by atoms with E-state index in [0.717, 1.165) is 12.0 Å². The van der Waals surface area contributed by atoms with Crippen LogP contribution in [-0.2, 0) is 9.53 Å². The average molecular weight is 410 g/mol. The number of ether oxygens (including phenoxy) is 1. The summed E-state index contributed by atoms with van der Waals surface area (Å²) >= 11 is 3.27. The molecule has 25 heavy (non-hydrogen) atoms. The molecule has 2 fully saturated rings. The van der Waals surface area contributed by atoms with Gasteiger partial charge in [0.05, 0.1) is 13.2 Å². The van der Waals surface area contributed by atoms with E-state index in [9.17, 15) is 14.7 Å². The van der Waals surface area contributed by atoms with Gasteiger partial charge in [0.1, 0.15) is 16.5 Å². The van der Waals surface area contributed by atoms with Crippen molar-refractivity contribution in [2.75, 3.05) is 18.5 Å². The maximum atomic E-state index is 12.7. The molecule has 1 aliphatic heterocycles. The van der Waals surface area contributed by atoms with Gasteiger partial charge in [0.25, 0.3) is 0 Å². The molecule has 2 amide bonds. The van der Waals surface area contributed by atoms with Crippen LogP contribution in [0.4, 0.5) is 10.6 Å². The zero-order chi connectivity index (χ0) is 18.2. The van der Waals surface area contributed by atoms with E-state index in [1.165, 1.54) is 4.90 Å². The minimum atomic E-state index is -1.08. The number of hydrogen-bond donors (Lipinski definition) is 2. The third-order valence-electron chi connectivity index (χ3n) is 4.87. The molecule has 2 aliphatic rings. The molecule has 2 N–H and O–H groups in total. The van der Waals surface area contributed by atoms with Crippen molar-refractivity contribution in [2.45, 2.75) is 31.8 Å². The fourth-order valence-corrected chi connectivity index (χ4v) is 3.83. The lowest BCUT2D eigenvalue weighted by Crippen LogP contribution is -2.45. The number of hydrogen-bond acceptors (Lipinski definition) is 4. The number of aryl methyl sites for hydroxylation is 1. The SMILES string of the molecule is C=CCOCC12CC(C(=O)Nc3nc(Br)ccc3C)N(C(=O)O)C1C2. The second-order valence-corrected chi connectivity index (χ2v) is 7.40. The minimum Gasteiger partial charge on any atom is -0.465 e. The highest BCUT2D eigenvalue weighted by atomic mass is 79.9. The highest BCUT2D eigenvalue weighted by Crippen LogP contribution is 2.59. The molecule has 7 nitrogen and oxygen atoms in total. The van der Waals surface area contributed by atoms with E-state index < -0.39 is 12.1 Å². The summed E-state index contributed by atoms with van der Waals surface area (Å²) in [5, 5.41) is 12.3. The van der Waals surface area contributed by atoms with Crippen LogP contribution in [0.25, 0.3) is 0 Å². The Morgan fingerprint density at radius 2 is 2.32 bits per heavy atom. The second kappa shape index (κ2) is 6.76. The Bertz CT molecular complexity index is 726. The Morgan fingerprint density at radius 3 is 3.00 bits per heavy atom. The number of aromatic nitrogens is 1. The lowest BCUT2D eigenvalue weighted by atomic mass is 10.00. The molecule has 1 aromatic heterocycles. The first kappa shape index (κ1) is 17.9. The fraction of sp³-hybridized carbons (Fsp3) is 0.471. The quantitative estimate of drug-likeness (QED) is 0.428. The van der Waals surface area contributed by atoms with E-state index in [0.29, 0.717) is 30.1 Å². The van der Waals surface area contributed by atoms with Gasteiger partial charge in [-0.05, 0) is 47.3 Å². The van der Waals surface area contributed by atoms with Crippen LogP contribution in [0.15, 0.2) is 29.4 Å². The van der Waals surface area contributed by atoms with Gasteiger partial charge in [-0.2, -0.15) is 0 Å².